The Morgan fingerprint density at radius 1 is 0.941 bits per heavy atom. The predicted octanol–water partition coefficient (Wildman–Crippen LogP) is 4.31. The van der Waals surface area contributed by atoms with E-state index in [1.54, 1.807) is 0 Å². The molecule has 1 rings (SSSR count). The number of isothiocyanates is 2. The molecule has 2 atom stereocenters. The number of hydrogen-bond acceptors (Lipinski definition) is 4. The summed E-state index contributed by atoms with van der Waals surface area (Å²) in [5.41, 5.74) is 0. The smallest absolute Gasteiger partial charge is 0.0606 e. The summed E-state index contributed by atoms with van der Waals surface area (Å²) in [7, 11) is 0. The molecule has 0 aromatic heterocycles. The molecule has 94 valence electrons. The van der Waals surface area contributed by atoms with Gasteiger partial charge in [0.05, 0.1) is 22.9 Å². The van der Waals surface area contributed by atoms with Crippen LogP contribution in [0, 0.1) is 5.92 Å². The summed E-state index contributed by atoms with van der Waals surface area (Å²) in [5.74, 6) is 0.584. The average Bonchev–Trinajstić information content (AvgIpc) is 2.35. The monoisotopic (exact) mass is 268 g/mol. The lowest BCUT2D eigenvalue weighted by Crippen LogP contribution is -2.15. The van der Waals surface area contributed by atoms with Gasteiger partial charge in [0.2, 0.25) is 0 Å². The van der Waals surface area contributed by atoms with Gasteiger partial charge in [-0.25, -0.2) is 9.98 Å². The largest absolute Gasteiger partial charge is 0.232 e. The molecule has 0 aromatic carbocycles. The molecular weight excluding hydrogens is 248 g/mol. The number of aliphatic imine (C=N–C) groups is 2. The molecule has 0 bridgehead atoms. The van der Waals surface area contributed by atoms with Crippen molar-refractivity contribution in [1.82, 2.24) is 0 Å². The van der Waals surface area contributed by atoms with E-state index in [9.17, 15) is 0 Å². The highest BCUT2D eigenvalue weighted by atomic mass is 32.1. The number of nitrogens with zero attached hydrogens (tertiary/aromatic N) is 2. The van der Waals surface area contributed by atoms with Gasteiger partial charge in [0.25, 0.3) is 0 Å². The summed E-state index contributed by atoms with van der Waals surface area (Å²) in [6, 6.07) is 0.343. The first-order chi connectivity index (χ1) is 8.36. The molecule has 1 fully saturated rings. The van der Waals surface area contributed by atoms with Gasteiger partial charge in [-0.2, -0.15) is 0 Å². The first kappa shape index (κ1) is 14.7. The zero-order valence-electron chi connectivity index (χ0n) is 10.2. The van der Waals surface area contributed by atoms with E-state index in [-0.39, 0.29) is 0 Å². The molecule has 1 aliphatic carbocycles. The Kier molecular flexibility index (Phi) is 8.29. The van der Waals surface area contributed by atoms with Gasteiger partial charge in [-0.15, -0.1) is 0 Å². The third kappa shape index (κ3) is 6.80. The maximum absolute atomic E-state index is 4.73. The highest BCUT2D eigenvalue weighted by Crippen LogP contribution is 2.23. The maximum atomic E-state index is 4.73. The molecule has 0 aromatic rings. The number of hydrogen-bond donors (Lipinski definition) is 0. The summed E-state index contributed by atoms with van der Waals surface area (Å²) < 4.78 is 0. The quantitative estimate of drug-likeness (QED) is 0.563. The molecule has 17 heavy (non-hydrogen) atoms. The summed E-state index contributed by atoms with van der Waals surface area (Å²) in [5, 5.41) is 5.01. The van der Waals surface area contributed by atoms with Crippen LogP contribution < -0.4 is 0 Å². The summed E-state index contributed by atoms with van der Waals surface area (Å²) in [6.45, 7) is 0.799. The van der Waals surface area contributed by atoms with Gasteiger partial charge >= 0.3 is 0 Å². The average molecular weight is 268 g/mol. The van der Waals surface area contributed by atoms with Crippen molar-refractivity contribution < 1.29 is 0 Å². The van der Waals surface area contributed by atoms with Crippen molar-refractivity contribution in [2.24, 2.45) is 15.9 Å². The fourth-order valence-electron chi connectivity index (χ4n) is 2.49. The first-order valence-corrected chi connectivity index (χ1v) is 7.29. The molecule has 1 saturated carbocycles. The van der Waals surface area contributed by atoms with Crippen molar-refractivity contribution in [3.8, 4) is 0 Å². The van der Waals surface area contributed by atoms with Gasteiger partial charge in [-0.1, -0.05) is 32.1 Å². The standard InChI is InChI=1S/C13H20N2S2/c16-10-14-9-12-6-4-2-1-3-5-7-13(8-12)15-11-17/h12-13H,1-9H2/t12?,13-/m0/s1. The van der Waals surface area contributed by atoms with Gasteiger partial charge in [-0.3, -0.25) is 0 Å². The van der Waals surface area contributed by atoms with Crippen LogP contribution in [0.4, 0.5) is 0 Å². The highest BCUT2D eigenvalue weighted by molar-refractivity contribution is 7.78. The second kappa shape index (κ2) is 9.61. The lowest BCUT2D eigenvalue weighted by atomic mass is 9.90. The molecule has 0 saturated heterocycles. The van der Waals surface area contributed by atoms with E-state index in [0.717, 1.165) is 19.4 Å². The SMILES string of the molecule is S=C=NCC1CCCCCCC[C@H](N=C=S)C1. The minimum atomic E-state index is 0.343. The summed E-state index contributed by atoms with van der Waals surface area (Å²) in [6.07, 6.45) is 10.0. The molecule has 0 radical (unpaired) electrons. The van der Waals surface area contributed by atoms with E-state index in [1.165, 1.54) is 38.5 Å². The van der Waals surface area contributed by atoms with Crippen molar-refractivity contribution in [2.45, 2.75) is 57.4 Å². The molecule has 1 unspecified atom stereocenters. The molecule has 2 nitrogen and oxygen atoms in total. The molecule has 0 amide bonds. The molecule has 0 heterocycles. The third-order valence-electron chi connectivity index (χ3n) is 3.40. The van der Waals surface area contributed by atoms with Crippen LogP contribution in [0.25, 0.3) is 0 Å². The van der Waals surface area contributed by atoms with Crippen LogP contribution in [0.15, 0.2) is 9.98 Å². The van der Waals surface area contributed by atoms with E-state index in [0.29, 0.717) is 12.0 Å². The number of rotatable bonds is 3. The third-order valence-corrected chi connectivity index (χ3v) is 3.64. The Morgan fingerprint density at radius 3 is 2.35 bits per heavy atom. The summed E-state index contributed by atoms with van der Waals surface area (Å²) >= 11 is 9.37. The molecule has 0 N–H and O–H groups in total. The van der Waals surface area contributed by atoms with Crippen LogP contribution in [-0.2, 0) is 0 Å². The van der Waals surface area contributed by atoms with Gasteiger partial charge in [0.1, 0.15) is 0 Å². The topological polar surface area (TPSA) is 24.7 Å². The second-order valence-electron chi connectivity index (χ2n) is 4.75. The lowest BCUT2D eigenvalue weighted by molar-refractivity contribution is 0.368. The Hall–Kier alpha value is -0.400. The summed E-state index contributed by atoms with van der Waals surface area (Å²) in [4.78, 5) is 8.39. The fraction of sp³-hybridized carbons (Fsp3) is 0.846. The molecule has 1 aliphatic rings. The molecular formula is C13H20N2S2. The highest BCUT2D eigenvalue weighted by Gasteiger charge is 2.16. The van der Waals surface area contributed by atoms with Gasteiger partial charge < -0.3 is 0 Å². The van der Waals surface area contributed by atoms with Crippen LogP contribution >= 0.6 is 24.4 Å². The van der Waals surface area contributed by atoms with Gasteiger partial charge in [0.15, 0.2) is 0 Å². The van der Waals surface area contributed by atoms with Crippen LogP contribution in [-0.4, -0.2) is 22.9 Å². The van der Waals surface area contributed by atoms with E-state index in [4.69, 9.17) is 12.2 Å². The predicted molar refractivity (Wildman–Crippen MR) is 79.1 cm³/mol. The van der Waals surface area contributed by atoms with Gasteiger partial charge in [0, 0.05) is 0 Å². The van der Waals surface area contributed by atoms with Gasteiger partial charge in [-0.05, 0) is 49.6 Å². The lowest BCUT2D eigenvalue weighted by Gasteiger charge is -2.20. The van der Waals surface area contributed by atoms with Crippen LogP contribution in [0.3, 0.4) is 0 Å². The van der Waals surface area contributed by atoms with E-state index in [2.05, 4.69) is 32.5 Å². The zero-order chi connectivity index (χ0) is 12.3. The van der Waals surface area contributed by atoms with Crippen molar-refractivity contribution in [3.63, 3.8) is 0 Å². The van der Waals surface area contributed by atoms with Crippen molar-refractivity contribution in [2.75, 3.05) is 6.54 Å². The minimum absolute atomic E-state index is 0.343. The molecule has 0 aliphatic heterocycles. The van der Waals surface area contributed by atoms with Crippen LogP contribution in [0.2, 0.25) is 0 Å². The Morgan fingerprint density at radius 2 is 1.65 bits per heavy atom. The van der Waals surface area contributed by atoms with Crippen LogP contribution in [0.1, 0.15) is 51.4 Å². The fourth-order valence-corrected chi connectivity index (χ4v) is 2.71. The van der Waals surface area contributed by atoms with Crippen molar-refractivity contribution in [1.29, 1.82) is 0 Å². The molecule has 0 spiro atoms. The van der Waals surface area contributed by atoms with E-state index >= 15 is 0 Å². The Labute approximate surface area is 115 Å². The van der Waals surface area contributed by atoms with Crippen molar-refractivity contribution in [3.05, 3.63) is 0 Å². The van der Waals surface area contributed by atoms with E-state index in [1.807, 2.05) is 0 Å². The van der Waals surface area contributed by atoms with Crippen molar-refractivity contribution >= 4 is 34.8 Å². The Balaban J connectivity index is 2.56. The Bertz CT molecular complexity index is 305. The van der Waals surface area contributed by atoms with E-state index < -0.39 is 0 Å². The zero-order valence-corrected chi connectivity index (χ0v) is 11.9. The first-order valence-electron chi connectivity index (χ1n) is 6.47. The normalized spacial score (nSPS) is 26.4. The minimum Gasteiger partial charge on any atom is -0.232 e. The second-order valence-corrected chi connectivity index (χ2v) is 5.12. The number of thiocarbonyl (C=S) groups is 2. The molecule has 4 heteroatoms. The maximum Gasteiger partial charge on any atom is 0.0606 e. The van der Waals surface area contributed by atoms with Crippen LogP contribution in [0.5, 0.6) is 0 Å².